The van der Waals surface area contributed by atoms with Crippen LogP contribution in [0.1, 0.15) is 60.9 Å². The number of carbonyl (C=O) groups excluding carboxylic acids is 1. The molecule has 1 saturated carbocycles. The molecule has 3 heterocycles. The summed E-state index contributed by atoms with van der Waals surface area (Å²) in [5, 5.41) is 0. The number of aromatic nitrogens is 1. The molecule has 2 fully saturated rings. The Hall–Kier alpha value is -1.67. The van der Waals surface area contributed by atoms with E-state index in [1.807, 2.05) is 24.4 Å². The van der Waals surface area contributed by atoms with Crippen LogP contribution in [0.15, 0.2) is 36.5 Å². The van der Waals surface area contributed by atoms with Crippen LogP contribution in [0.3, 0.4) is 0 Å². The summed E-state index contributed by atoms with van der Waals surface area (Å²) < 4.78 is 7.00. The van der Waals surface area contributed by atoms with E-state index in [0.717, 1.165) is 39.8 Å². The van der Waals surface area contributed by atoms with E-state index < -0.39 is 0 Å². The SMILES string of the molecule is O=C(CC1CCC(N2CCCC2)CC1)c1cccc2c1OCCN2c1ccc(CI)cn1. The van der Waals surface area contributed by atoms with Crippen molar-refractivity contribution >= 4 is 39.9 Å². The minimum atomic E-state index is 0.224. The first-order valence-electron chi connectivity index (χ1n) is 12.0. The van der Waals surface area contributed by atoms with Gasteiger partial charge in [-0.15, -0.1) is 0 Å². The molecular weight excluding hydrogens is 513 g/mol. The van der Waals surface area contributed by atoms with Crippen molar-refractivity contribution in [2.24, 2.45) is 5.92 Å². The molecule has 5 nitrogen and oxygen atoms in total. The van der Waals surface area contributed by atoms with Crippen LogP contribution in [0, 0.1) is 5.92 Å². The van der Waals surface area contributed by atoms with E-state index in [-0.39, 0.29) is 5.78 Å². The standard InChI is InChI=1S/C26H32IN3O2/c27-17-20-8-11-25(28-18-20)30-14-15-32-26-22(4-3-5-23(26)30)24(31)16-19-6-9-21(10-7-19)29-12-1-2-13-29/h3-5,8,11,18-19,21H,1-2,6-7,9-10,12-17H2. The Morgan fingerprint density at radius 1 is 1.06 bits per heavy atom. The summed E-state index contributed by atoms with van der Waals surface area (Å²) in [6.07, 6.45) is 10.1. The van der Waals surface area contributed by atoms with Crippen molar-refractivity contribution in [1.82, 2.24) is 9.88 Å². The molecule has 32 heavy (non-hydrogen) atoms. The van der Waals surface area contributed by atoms with E-state index in [9.17, 15) is 4.79 Å². The van der Waals surface area contributed by atoms with Gasteiger partial charge in [-0.2, -0.15) is 0 Å². The van der Waals surface area contributed by atoms with Crippen LogP contribution in [-0.2, 0) is 4.43 Å². The number of ketones is 1. The topological polar surface area (TPSA) is 45.7 Å². The molecule has 1 aromatic heterocycles. The molecule has 0 unspecified atom stereocenters. The smallest absolute Gasteiger partial charge is 0.166 e. The number of carbonyl (C=O) groups is 1. The Labute approximate surface area is 204 Å². The number of fused-ring (bicyclic) bond motifs is 1. The maximum Gasteiger partial charge on any atom is 0.166 e. The Morgan fingerprint density at radius 3 is 2.59 bits per heavy atom. The molecule has 3 aliphatic rings. The molecule has 0 bridgehead atoms. The van der Waals surface area contributed by atoms with Gasteiger partial charge in [0.1, 0.15) is 12.4 Å². The maximum absolute atomic E-state index is 13.3. The predicted octanol–water partition coefficient (Wildman–Crippen LogP) is 5.77. The Balaban J connectivity index is 1.28. The molecule has 170 valence electrons. The third-order valence-electron chi connectivity index (χ3n) is 7.33. The second-order valence-electron chi connectivity index (χ2n) is 9.36. The number of pyridine rings is 1. The van der Waals surface area contributed by atoms with E-state index in [1.54, 1.807) is 0 Å². The molecule has 0 spiro atoms. The number of nitrogens with zero attached hydrogens (tertiary/aromatic N) is 3. The molecule has 0 radical (unpaired) electrons. The molecule has 5 rings (SSSR count). The fourth-order valence-electron chi connectivity index (χ4n) is 5.55. The van der Waals surface area contributed by atoms with Gasteiger partial charge in [0.2, 0.25) is 0 Å². The van der Waals surface area contributed by atoms with Crippen LogP contribution < -0.4 is 9.64 Å². The zero-order valence-electron chi connectivity index (χ0n) is 18.6. The third kappa shape index (κ3) is 4.67. The summed E-state index contributed by atoms with van der Waals surface area (Å²) in [6.45, 7) is 3.84. The normalized spacial score (nSPS) is 23.6. The van der Waals surface area contributed by atoms with E-state index in [4.69, 9.17) is 4.74 Å². The van der Waals surface area contributed by atoms with Crippen LogP contribution >= 0.6 is 22.6 Å². The summed E-state index contributed by atoms with van der Waals surface area (Å²) in [7, 11) is 0. The highest BCUT2D eigenvalue weighted by Crippen LogP contribution is 2.40. The number of para-hydroxylation sites is 1. The zero-order valence-corrected chi connectivity index (χ0v) is 20.8. The van der Waals surface area contributed by atoms with Gasteiger partial charge >= 0.3 is 0 Å². The molecule has 1 aliphatic carbocycles. The molecule has 2 aromatic rings. The van der Waals surface area contributed by atoms with Crippen molar-refractivity contribution in [2.75, 3.05) is 31.1 Å². The van der Waals surface area contributed by atoms with Crippen molar-refractivity contribution in [3.05, 3.63) is 47.7 Å². The fraction of sp³-hybridized carbons (Fsp3) is 0.538. The van der Waals surface area contributed by atoms with Crippen molar-refractivity contribution in [3.8, 4) is 5.75 Å². The number of anilines is 2. The Bertz CT molecular complexity index is 935. The van der Waals surface area contributed by atoms with Crippen molar-refractivity contribution in [2.45, 2.75) is 55.4 Å². The number of Topliss-reactive ketones (excluding diaryl/α,β-unsaturated/α-hetero) is 1. The van der Waals surface area contributed by atoms with Gasteiger partial charge in [-0.25, -0.2) is 4.98 Å². The number of rotatable bonds is 6. The average molecular weight is 545 g/mol. The fourth-order valence-corrected chi connectivity index (χ4v) is 6.01. The van der Waals surface area contributed by atoms with E-state index in [2.05, 4.69) is 49.5 Å². The summed E-state index contributed by atoms with van der Waals surface area (Å²) in [5.74, 6) is 2.36. The van der Waals surface area contributed by atoms with Crippen molar-refractivity contribution < 1.29 is 9.53 Å². The van der Waals surface area contributed by atoms with Gasteiger partial charge < -0.3 is 14.5 Å². The second-order valence-corrected chi connectivity index (χ2v) is 10.1. The predicted molar refractivity (Wildman–Crippen MR) is 136 cm³/mol. The molecule has 1 aromatic carbocycles. The molecule has 1 saturated heterocycles. The highest BCUT2D eigenvalue weighted by molar-refractivity contribution is 14.1. The maximum atomic E-state index is 13.3. The number of halogens is 1. The first-order valence-corrected chi connectivity index (χ1v) is 13.6. The Kier molecular flexibility index (Phi) is 6.97. The molecule has 0 atom stereocenters. The van der Waals surface area contributed by atoms with Crippen LogP contribution in [0.2, 0.25) is 0 Å². The van der Waals surface area contributed by atoms with Gasteiger partial charge in [-0.1, -0.05) is 34.7 Å². The average Bonchev–Trinajstić information content (AvgIpc) is 3.39. The highest BCUT2D eigenvalue weighted by Gasteiger charge is 2.30. The monoisotopic (exact) mass is 545 g/mol. The quantitative estimate of drug-likeness (QED) is 0.262. The van der Waals surface area contributed by atoms with Crippen LogP contribution in [-0.4, -0.2) is 48.0 Å². The number of benzene rings is 1. The highest BCUT2D eigenvalue weighted by atomic mass is 127. The zero-order chi connectivity index (χ0) is 21.9. The van der Waals surface area contributed by atoms with Crippen LogP contribution in [0.25, 0.3) is 0 Å². The minimum absolute atomic E-state index is 0.224. The Morgan fingerprint density at radius 2 is 1.88 bits per heavy atom. The van der Waals surface area contributed by atoms with Crippen molar-refractivity contribution in [1.29, 1.82) is 0 Å². The van der Waals surface area contributed by atoms with Crippen LogP contribution in [0.5, 0.6) is 5.75 Å². The first kappa shape index (κ1) is 22.1. The largest absolute Gasteiger partial charge is 0.489 e. The minimum Gasteiger partial charge on any atom is -0.489 e. The molecule has 0 amide bonds. The van der Waals surface area contributed by atoms with Crippen molar-refractivity contribution in [3.63, 3.8) is 0 Å². The number of likely N-dealkylation sites (tertiary alicyclic amines) is 1. The molecular formula is C26H32IN3O2. The third-order valence-corrected chi connectivity index (χ3v) is 8.21. The summed E-state index contributed by atoms with van der Waals surface area (Å²) in [4.78, 5) is 22.8. The molecule has 2 aliphatic heterocycles. The molecule has 0 N–H and O–H groups in total. The van der Waals surface area contributed by atoms with Gasteiger partial charge in [-0.05, 0) is 81.3 Å². The lowest BCUT2D eigenvalue weighted by Crippen LogP contribution is -2.36. The van der Waals surface area contributed by atoms with E-state index >= 15 is 0 Å². The van der Waals surface area contributed by atoms with Gasteiger partial charge in [-0.3, -0.25) is 4.79 Å². The summed E-state index contributed by atoms with van der Waals surface area (Å²) in [5.41, 5.74) is 2.90. The van der Waals surface area contributed by atoms with Gasteiger partial charge in [0.25, 0.3) is 0 Å². The first-order chi connectivity index (χ1) is 15.7. The lowest BCUT2D eigenvalue weighted by molar-refractivity contribution is 0.0923. The number of ether oxygens (including phenoxy) is 1. The van der Waals surface area contributed by atoms with Gasteiger partial charge in [0, 0.05) is 23.1 Å². The lowest BCUT2D eigenvalue weighted by atomic mass is 9.81. The number of alkyl halides is 1. The summed E-state index contributed by atoms with van der Waals surface area (Å²) >= 11 is 2.35. The second kappa shape index (κ2) is 10.1. The van der Waals surface area contributed by atoms with Crippen LogP contribution in [0.4, 0.5) is 11.5 Å². The summed E-state index contributed by atoms with van der Waals surface area (Å²) in [6, 6.07) is 10.9. The van der Waals surface area contributed by atoms with E-state index in [1.165, 1.54) is 57.2 Å². The molecule has 6 heteroatoms. The number of hydrogen-bond donors (Lipinski definition) is 0. The van der Waals surface area contributed by atoms with Gasteiger partial charge in [0.05, 0.1) is 17.8 Å². The lowest BCUT2D eigenvalue weighted by Gasteiger charge is -2.34. The number of hydrogen-bond acceptors (Lipinski definition) is 5. The van der Waals surface area contributed by atoms with E-state index in [0.29, 0.717) is 18.9 Å². The van der Waals surface area contributed by atoms with Gasteiger partial charge in [0.15, 0.2) is 11.5 Å².